The van der Waals surface area contributed by atoms with E-state index < -0.39 is 0 Å². The average molecular weight is 186 g/mol. The maximum atomic E-state index is 8.72. The molecule has 3 N–H and O–H groups in total. The summed E-state index contributed by atoms with van der Waals surface area (Å²) >= 11 is 0. The topological polar surface area (TPSA) is 49.5 Å². The molecule has 0 heterocycles. The first-order valence-electron chi connectivity index (χ1n) is 5.35. The number of aliphatic hydroxyl groups excluding tert-OH is 1. The normalized spacial score (nSPS) is 19.4. The van der Waals surface area contributed by atoms with E-state index in [2.05, 4.69) is 11.8 Å². The van der Waals surface area contributed by atoms with E-state index in [-0.39, 0.29) is 12.6 Å². The summed E-state index contributed by atoms with van der Waals surface area (Å²) in [5, 5.41) is 8.72. The van der Waals surface area contributed by atoms with Gasteiger partial charge >= 0.3 is 0 Å². The maximum absolute atomic E-state index is 8.72. The molecule has 0 aromatic carbocycles. The number of nitrogens with two attached hydrogens (primary N) is 1. The summed E-state index contributed by atoms with van der Waals surface area (Å²) in [6.45, 7) is 5.61. The number of nitrogens with zero attached hydrogens (tertiary/aromatic N) is 1. The van der Waals surface area contributed by atoms with Crippen molar-refractivity contribution in [1.82, 2.24) is 4.90 Å². The highest BCUT2D eigenvalue weighted by atomic mass is 16.3. The molecule has 0 aromatic heterocycles. The Kier molecular flexibility index (Phi) is 4.70. The van der Waals surface area contributed by atoms with E-state index in [9.17, 15) is 0 Å². The van der Waals surface area contributed by atoms with Gasteiger partial charge in [0.1, 0.15) is 0 Å². The zero-order valence-corrected chi connectivity index (χ0v) is 8.58. The van der Waals surface area contributed by atoms with Crippen molar-refractivity contribution in [3.63, 3.8) is 0 Å². The van der Waals surface area contributed by atoms with Crippen LogP contribution in [-0.4, -0.2) is 42.3 Å². The van der Waals surface area contributed by atoms with Crippen LogP contribution < -0.4 is 5.73 Å². The number of aliphatic hydroxyl groups is 1. The lowest BCUT2D eigenvalue weighted by Crippen LogP contribution is -2.39. The van der Waals surface area contributed by atoms with Crippen molar-refractivity contribution in [3.8, 4) is 0 Å². The highest BCUT2D eigenvalue weighted by Crippen LogP contribution is 2.29. The predicted octanol–water partition coefficient (Wildman–Crippen LogP) is 0.428. The Labute approximate surface area is 80.9 Å². The van der Waals surface area contributed by atoms with E-state index in [4.69, 9.17) is 10.8 Å². The molecule has 1 saturated carbocycles. The quantitative estimate of drug-likeness (QED) is 0.606. The minimum Gasteiger partial charge on any atom is -0.396 e. The van der Waals surface area contributed by atoms with Crippen molar-refractivity contribution in [2.45, 2.75) is 32.2 Å². The molecule has 1 aliphatic rings. The predicted molar refractivity (Wildman–Crippen MR) is 54.5 cm³/mol. The number of rotatable bonds is 7. The summed E-state index contributed by atoms with van der Waals surface area (Å²) in [7, 11) is 0. The van der Waals surface area contributed by atoms with Crippen molar-refractivity contribution < 1.29 is 5.11 Å². The van der Waals surface area contributed by atoms with E-state index in [1.165, 1.54) is 19.4 Å². The Hall–Kier alpha value is -0.120. The lowest BCUT2D eigenvalue weighted by molar-refractivity contribution is 0.225. The first-order chi connectivity index (χ1) is 6.26. The van der Waals surface area contributed by atoms with Crippen LogP contribution in [0.4, 0.5) is 0 Å². The highest BCUT2D eigenvalue weighted by molar-refractivity contribution is 4.78. The van der Waals surface area contributed by atoms with Gasteiger partial charge in [0, 0.05) is 25.7 Å². The first kappa shape index (κ1) is 11.0. The molecule has 0 amide bonds. The molecule has 78 valence electrons. The molecule has 0 radical (unpaired) electrons. The van der Waals surface area contributed by atoms with E-state index in [0.717, 1.165) is 25.4 Å². The van der Waals surface area contributed by atoms with Crippen LogP contribution in [0.2, 0.25) is 0 Å². The van der Waals surface area contributed by atoms with Gasteiger partial charge in [-0.3, -0.25) is 0 Å². The molecule has 1 unspecified atom stereocenters. The van der Waals surface area contributed by atoms with Crippen LogP contribution in [0.15, 0.2) is 0 Å². The van der Waals surface area contributed by atoms with Gasteiger partial charge in [-0.2, -0.15) is 0 Å². The molecule has 3 heteroatoms. The van der Waals surface area contributed by atoms with Gasteiger partial charge in [-0.1, -0.05) is 6.92 Å². The van der Waals surface area contributed by atoms with Crippen LogP contribution in [0.25, 0.3) is 0 Å². The summed E-state index contributed by atoms with van der Waals surface area (Å²) in [4.78, 5) is 2.40. The molecule has 0 aliphatic heterocycles. The first-order valence-corrected chi connectivity index (χ1v) is 5.35. The molecule has 13 heavy (non-hydrogen) atoms. The number of hydrogen-bond donors (Lipinski definition) is 2. The Morgan fingerprint density at radius 1 is 1.54 bits per heavy atom. The van der Waals surface area contributed by atoms with Crippen LogP contribution >= 0.6 is 0 Å². The molecule has 0 bridgehead atoms. The molecular formula is C10H22N2O. The van der Waals surface area contributed by atoms with Crippen molar-refractivity contribution in [3.05, 3.63) is 0 Å². The van der Waals surface area contributed by atoms with Crippen molar-refractivity contribution in [2.75, 3.05) is 26.2 Å². The van der Waals surface area contributed by atoms with Crippen LogP contribution in [-0.2, 0) is 0 Å². The lowest BCUT2D eigenvalue weighted by atomic mass is 10.2. The van der Waals surface area contributed by atoms with Gasteiger partial charge in [0.15, 0.2) is 0 Å². The van der Waals surface area contributed by atoms with E-state index in [1.807, 2.05) is 0 Å². The third-order valence-electron chi connectivity index (χ3n) is 2.65. The Morgan fingerprint density at radius 2 is 2.23 bits per heavy atom. The van der Waals surface area contributed by atoms with Gasteiger partial charge in [0.2, 0.25) is 0 Å². The molecule has 0 spiro atoms. The summed E-state index contributed by atoms with van der Waals surface area (Å²) in [6, 6.07) is 0.142. The summed E-state index contributed by atoms with van der Waals surface area (Å²) in [5.74, 6) is 0.932. The second-order valence-corrected chi connectivity index (χ2v) is 4.07. The largest absolute Gasteiger partial charge is 0.396 e. The van der Waals surface area contributed by atoms with Crippen molar-refractivity contribution in [1.29, 1.82) is 0 Å². The molecule has 1 aliphatic carbocycles. The van der Waals surface area contributed by atoms with Gasteiger partial charge in [-0.15, -0.1) is 0 Å². The van der Waals surface area contributed by atoms with E-state index in [0.29, 0.717) is 0 Å². The van der Waals surface area contributed by atoms with Crippen molar-refractivity contribution in [2.24, 2.45) is 11.7 Å². The molecule has 0 aromatic rings. The average Bonchev–Trinajstić information content (AvgIpc) is 2.87. The molecule has 1 fully saturated rings. The standard InChI is InChI=1S/C10H22N2O/c1-2-12(7-9-3-4-9)8-10(11)5-6-13/h9-10,13H,2-8,11H2,1H3. The lowest BCUT2D eigenvalue weighted by Gasteiger charge is -2.23. The minimum atomic E-state index is 0.142. The van der Waals surface area contributed by atoms with E-state index in [1.54, 1.807) is 0 Å². The number of hydrogen-bond acceptors (Lipinski definition) is 3. The zero-order valence-electron chi connectivity index (χ0n) is 8.58. The summed E-state index contributed by atoms with van der Waals surface area (Å²) < 4.78 is 0. The molecule has 0 saturated heterocycles. The van der Waals surface area contributed by atoms with Crippen LogP contribution in [0.5, 0.6) is 0 Å². The molecule has 3 nitrogen and oxygen atoms in total. The third kappa shape index (κ3) is 4.60. The highest BCUT2D eigenvalue weighted by Gasteiger charge is 2.24. The monoisotopic (exact) mass is 186 g/mol. The second kappa shape index (κ2) is 5.58. The smallest absolute Gasteiger partial charge is 0.0446 e. The maximum Gasteiger partial charge on any atom is 0.0446 e. The van der Waals surface area contributed by atoms with Crippen LogP contribution in [0.1, 0.15) is 26.2 Å². The van der Waals surface area contributed by atoms with E-state index >= 15 is 0 Å². The molecule has 1 atom stereocenters. The van der Waals surface area contributed by atoms with Gasteiger partial charge in [-0.25, -0.2) is 0 Å². The Balaban J connectivity index is 2.13. The third-order valence-corrected chi connectivity index (χ3v) is 2.65. The minimum absolute atomic E-state index is 0.142. The summed E-state index contributed by atoms with van der Waals surface area (Å²) in [6.07, 6.45) is 3.51. The fourth-order valence-electron chi connectivity index (χ4n) is 1.59. The van der Waals surface area contributed by atoms with Gasteiger partial charge < -0.3 is 15.7 Å². The zero-order chi connectivity index (χ0) is 9.68. The fourth-order valence-corrected chi connectivity index (χ4v) is 1.59. The van der Waals surface area contributed by atoms with Crippen LogP contribution in [0.3, 0.4) is 0 Å². The molecular weight excluding hydrogens is 164 g/mol. The summed E-state index contributed by atoms with van der Waals surface area (Å²) in [5.41, 5.74) is 5.86. The Bertz CT molecular complexity index is 137. The number of likely N-dealkylation sites (N-methyl/N-ethyl adjacent to an activating group) is 1. The SMILES string of the molecule is CCN(CC(N)CCO)CC1CC1. The molecule has 1 rings (SSSR count). The van der Waals surface area contributed by atoms with Gasteiger partial charge in [-0.05, 0) is 31.7 Å². The Morgan fingerprint density at radius 3 is 2.69 bits per heavy atom. The second-order valence-electron chi connectivity index (χ2n) is 4.07. The van der Waals surface area contributed by atoms with Gasteiger partial charge in [0.25, 0.3) is 0 Å². The van der Waals surface area contributed by atoms with Crippen molar-refractivity contribution >= 4 is 0 Å². The fraction of sp³-hybridized carbons (Fsp3) is 1.00. The van der Waals surface area contributed by atoms with Gasteiger partial charge in [0.05, 0.1) is 0 Å². The van der Waals surface area contributed by atoms with Crippen LogP contribution in [0, 0.1) is 5.92 Å².